The Labute approximate surface area is 165 Å². The highest BCUT2D eigenvalue weighted by Crippen LogP contribution is 2.30. The Balaban J connectivity index is 1.87. The van der Waals surface area contributed by atoms with Crippen LogP contribution in [0.15, 0.2) is 47.4 Å². The topological polar surface area (TPSA) is 66.5 Å². The molecular weight excluding hydrogens is 379 g/mol. The molecule has 0 saturated heterocycles. The number of nitrogens with zero attached hydrogens (tertiary/aromatic N) is 1. The molecule has 0 unspecified atom stereocenters. The Bertz CT molecular complexity index is 958. The monoisotopic (exact) mass is 404 g/mol. The summed E-state index contributed by atoms with van der Waals surface area (Å²) in [6, 6.07) is 10.2. The van der Waals surface area contributed by atoms with Crippen LogP contribution in [0.4, 0.5) is 10.1 Å². The number of carbonyl (C=O) groups is 1. The lowest BCUT2D eigenvalue weighted by atomic mass is 10.0. The summed E-state index contributed by atoms with van der Waals surface area (Å²) in [5.74, 6) is -0.610. The Hall–Kier alpha value is -2.25. The second-order valence-electron chi connectivity index (χ2n) is 7.17. The van der Waals surface area contributed by atoms with E-state index in [1.807, 2.05) is 13.8 Å². The van der Waals surface area contributed by atoms with Crippen LogP contribution in [0.2, 0.25) is 0 Å². The summed E-state index contributed by atoms with van der Waals surface area (Å²) in [7, 11) is -3.60. The zero-order valence-corrected chi connectivity index (χ0v) is 16.9. The average molecular weight is 405 g/mol. The third kappa shape index (κ3) is 4.42. The van der Waals surface area contributed by atoms with Crippen molar-refractivity contribution in [2.45, 2.75) is 50.5 Å². The summed E-state index contributed by atoms with van der Waals surface area (Å²) in [6.07, 6.45) is 3.11. The maximum Gasteiger partial charge on any atom is 0.258 e. The number of hydrogen-bond donors (Lipinski definition) is 1. The van der Waals surface area contributed by atoms with Gasteiger partial charge in [0.2, 0.25) is 10.0 Å². The van der Waals surface area contributed by atoms with E-state index in [-0.39, 0.29) is 16.8 Å². The number of amides is 1. The van der Waals surface area contributed by atoms with Crippen LogP contribution < -0.4 is 9.62 Å². The molecule has 7 heteroatoms. The number of sulfonamides is 1. The van der Waals surface area contributed by atoms with Crippen LogP contribution in [-0.2, 0) is 16.4 Å². The molecule has 1 N–H and O–H groups in total. The average Bonchev–Trinajstić information content (AvgIpc) is 2.67. The quantitative estimate of drug-likeness (QED) is 0.794. The molecular formula is C21H25FN2O3S. The Morgan fingerprint density at radius 2 is 1.93 bits per heavy atom. The van der Waals surface area contributed by atoms with Crippen molar-refractivity contribution in [1.82, 2.24) is 4.72 Å². The summed E-state index contributed by atoms with van der Waals surface area (Å²) in [5, 5.41) is 0. The summed E-state index contributed by atoms with van der Waals surface area (Å²) in [4.78, 5) is 14.7. The van der Waals surface area contributed by atoms with Crippen LogP contribution in [0.5, 0.6) is 0 Å². The normalized spacial score (nSPS) is 15.2. The lowest BCUT2D eigenvalue weighted by Crippen LogP contribution is -2.36. The molecule has 1 amide bonds. The van der Waals surface area contributed by atoms with Gasteiger partial charge in [-0.15, -0.1) is 0 Å². The van der Waals surface area contributed by atoms with Gasteiger partial charge in [0.25, 0.3) is 5.91 Å². The number of hydrogen-bond acceptors (Lipinski definition) is 3. The number of benzene rings is 2. The summed E-state index contributed by atoms with van der Waals surface area (Å²) >= 11 is 0. The number of aryl methyl sites for hydroxylation is 1. The van der Waals surface area contributed by atoms with Gasteiger partial charge in [-0.1, -0.05) is 13.3 Å². The molecule has 3 rings (SSSR count). The van der Waals surface area contributed by atoms with E-state index in [4.69, 9.17) is 0 Å². The first-order valence-corrected chi connectivity index (χ1v) is 11.0. The molecule has 0 aromatic heterocycles. The first-order valence-electron chi connectivity index (χ1n) is 9.54. The second-order valence-corrected chi connectivity index (χ2v) is 8.88. The van der Waals surface area contributed by atoms with Crippen LogP contribution in [0.25, 0.3) is 0 Å². The molecule has 0 aliphatic carbocycles. The van der Waals surface area contributed by atoms with Gasteiger partial charge in [-0.2, -0.15) is 0 Å². The third-order valence-corrected chi connectivity index (χ3v) is 6.48. The van der Waals surface area contributed by atoms with Crippen molar-refractivity contribution in [3.05, 3.63) is 59.4 Å². The fourth-order valence-corrected chi connectivity index (χ4v) is 4.85. The molecule has 0 bridgehead atoms. The Morgan fingerprint density at radius 1 is 1.21 bits per heavy atom. The molecule has 2 aromatic carbocycles. The largest absolute Gasteiger partial charge is 0.308 e. The number of anilines is 1. The number of nitrogens with one attached hydrogen (secondary N) is 1. The summed E-state index contributed by atoms with van der Waals surface area (Å²) in [6.45, 7) is 4.40. The van der Waals surface area contributed by atoms with E-state index in [0.717, 1.165) is 24.8 Å². The second kappa shape index (κ2) is 8.41. The molecule has 1 aliphatic heterocycles. The van der Waals surface area contributed by atoms with Gasteiger partial charge in [0.1, 0.15) is 5.82 Å². The minimum absolute atomic E-state index is 0.136. The SMILES string of the molecule is CCC[C@H](C)NS(=O)(=O)c1ccc2c(c1)CCCN2C(=O)c1ccc(F)cc1. The molecule has 0 spiro atoms. The molecule has 0 fully saturated rings. The van der Waals surface area contributed by atoms with Crippen LogP contribution in [-0.4, -0.2) is 26.9 Å². The van der Waals surface area contributed by atoms with Gasteiger partial charge in [-0.25, -0.2) is 17.5 Å². The summed E-state index contributed by atoms with van der Waals surface area (Å²) in [5.41, 5.74) is 1.94. The molecule has 0 saturated carbocycles. The standard InChI is InChI=1S/C21H25FN2O3S/c1-3-5-15(2)23-28(26,27)19-11-12-20-17(14-19)6-4-13-24(20)21(25)16-7-9-18(22)10-8-16/h7-12,14-15,23H,3-6,13H2,1-2H3/t15-/m0/s1. The molecule has 28 heavy (non-hydrogen) atoms. The number of halogens is 1. The zero-order valence-electron chi connectivity index (χ0n) is 16.1. The van der Waals surface area contributed by atoms with Crippen molar-refractivity contribution < 1.29 is 17.6 Å². The zero-order chi connectivity index (χ0) is 20.3. The highest BCUT2D eigenvalue weighted by Gasteiger charge is 2.26. The van der Waals surface area contributed by atoms with Crippen LogP contribution >= 0.6 is 0 Å². The van der Waals surface area contributed by atoms with Gasteiger partial charge < -0.3 is 4.90 Å². The third-order valence-electron chi connectivity index (χ3n) is 4.89. The van der Waals surface area contributed by atoms with E-state index in [2.05, 4.69) is 4.72 Å². The maximum absolute atomic E-state index is 13.1. The van der Waals surface area contributed by atoms with Crippen molar-refractivity contribution in [1.29, 1.82) is 0 Å². The van der Waals surface area contributed by atoms with Gasteiger partial charge in [0.15, 0.2) is 0 Å². The fourth-order valence-electron chi connectivity index (χ4n) is 3.52. The minimum atomic E-state index is -3.60. The van der Waals surface area contributed by atoms with Gasteiger partial charge in [-0.05, 0) is 74.2 Å². The number of carbonyl (C=O) groups excluding carboxylic acids is 1. The van der Waals surface area contributed by atoms with Crippen LogP contribution in [0.1, 0.15) is 49.0 Å². The Morgan fingerprint density at radius 3 is 2.61 bits per heavy atom. The number of rotatable bonds is 6. The van der Waals surface area contributed by atoms with Crippen molar-refractivity contribution in [2.24, 2.45) is 0 Å². The molecule has 5 nitrogen and oxygen atoms in total. The van der Waals surface area contributed by atoms with E-state index >= 15 is 0 Å². The van der Waals surface area contributed by atoms with Crippen molar-refractivity contribution >= 4 is 21.6 Å². The van der Waals surface area contributed by atoms with E-state index in [9.17, 15) is 17.6 Å². The molecule has 1 aliphatic rings. The predicted octanol–water partition coefficient (Wildman–Crippen LogP) is 3.89. The van der Waals surface area contributed by atoms with Crippen molar-refractivity contribution in [3.8, 4) is 0 Å². The maximum atomic E-state index is 13.1. The summed E-state index contributed by atoms with van der Waals surface area (Å²) < 4.78 is 41.1. The van der Waals surface area contributed by atoms with Gasteiger partial charge in [0, 0.05) is 23.8 Å². The first-order chi connectivity index (χ1) is 13.3. The molecule has 0 radical (unpaired) electrons. The van der Waals surface area contributed by atoms with Crippen LogP contribution in [0, 0.1) is 5.82 Å². The predicted molar refractivity (Wildman–Crippen MR) is 108 cm³/mol. The molecule has 1 atom stereocenters. The first kappa shape index (κ1) is 20.5. The lowest BCUT2D eigenvalue weighted by molar-refractivity contribution is 0.0985. The highest BCUT2D eigenvalue weighted by atomic mass is 32.2. The van der Waals surface area contributed by atoms with E-state index in [1.165, 1.54) is 30.3 Å². The van der Waals surface area contributed by atoms with Gasteiger partial charge in [0.05, 0.1) is 4.90 Å². The van der Waals surface area contributed by atoms with E-state index < -0.39 is 15.8 Å². The van der Waals surface area contributed by atoms with Gasteiger partial charge in [-0.3, -0.25) is 4.79 Å². The van der Waals surface area contributed by atoms with Crippen molar-refractivity contribution in [3.63, 3.8) is 0 Å². The van der Waals surface area contributed by atoms with Crippen LogP contribution in [0.3, 0.4) is 0 Å². The van der Waals surface area contributed by atoms with Crippen molar-refractivity contribution in [2.75, 3.05) is 11.4 Å². The smallest absolute Gasteiger partial charge is 0.258 e. The van der Waals surface area contributed by atoms with Gasteiger partial charge >= 0.3 is 0 Å². The molecule has 1 heterocycles. The van der Waals surface area contributed by atoms with E-state index in [1.54, 1.807) is 17.0 Å². The Kier molecular flexibility index (Phi) is 6.15. The molecule has 2 aromatic rings. The minimum Gasteiger partial charge on any atom is -0.308 e. The number of fused-ring (bicyclic) bond motifs is 1. The molecule has 150 valence electrons. The van der Waals surface area contributed by atoms with E-state index in [0.29, 0.717) is 24.2 Å². The highest BCUT2D eigenvalue weighted by molar-refractivity contribution is 7.89. The fraction of sp³-hybridized carbons (Fsp3) is 0.381. The lowest BCUT2D eigenvalue weighted by Gasteiger charge is -2.30.